The zero-order chi connectivity index (χ0) is 14.5. The van der Waals surface area contributed by atoms with Crippen LogP contribution in [-0.2, 0) is 11.3 Å². The third-order valence-electron chi connectivity index (χ3n) is 2.86. The van der Waals surface area contributed by atoms with Crippen LogP contribution >= 0.6 is 11.3 Å². The molecule has 0 saturated heterocycles. The summed E-state index contributed by atoms with van der Waals surface area (Å²) >= 11 is 1.51. The number of hydrogen-bond donors (Lipinski definition) is 1. The average molecular weight is 292 g/mol. The van der Waals surface area contributed by atoms with E-state index in [2.05, 4.69) is 10.3 Å². The van der Waals surface area contributed by atoms with E-state index in [1.807, 2.05) is 30.7 Å². The molecule has 1 N–H and O–H groups in total. The molecule has 1 amide bonds. The highest BCUT2D eigenvalue weighted by Gasteiger charge is 2.11. The number of anilines is 1. The minimum absolute atomic E-state index is 0.110. The first-order valence-corrected chi connectivity index (χ1v) is 7.01. The molecule has 0 aliphatic heterocycles. The van der Waals surface area contributed by atoms with Crippen molar-refractivity contribution in [3.8, 4) is 5.75 Å². The standard InChI is InChI=1S/C14H16N2O3S/c1-9-6-15-12(10(2)13(9)18-3)7-19-14(17)16-11-4-5-20-8-11/h4-6,8H,7H2,1-3H3,(H,16,17). The second-order valence-electron chi connectivity index (χ2n) is 4.26. The molecule has 106 valence electrons. The Bertz CT molecular complexity index is 597. The number of hydrogen-bond acceptors (Lipinski definition) is 5. The van der Waals surface area contributed by atoms with Crippen molar-refractivity contribution < 1.29 is 14.3 Å². The van der Waals surface area contributed by atoms with Gasteiger partial charge in [-0.05, 0) is 25.3 Å². The lowest BCUT2D eigenvalue weighted by Crippen LogP contribution is -2.14. The van der Waals surface area contributed by atoms with Gasteiger partial charge in [0.05, 0.1) is 18.5 Å². The van der Waals surface area contributed by atoms with Crippen molar-refractivity contribution in [3.05, 3.63) is 39.8 Å². The normalized spacial score (nSPS) is 10.2. The van der Waals surface area contributed by atoms with Crippen molar-refractivity contribution in [3.63, 3.8) is 0 Å². The number of aryl methyl sites for hydroxylation is 1. The maximum absolute atomic E-state index is 11.6. The van der Waals surface area contributed by atoms with Crippen LogP contribution in [0.3, 0.4) is 0 Å². The second-order valence-corrected chi connectivity index (χ2v) is 5.04. The summed E-state index contributed by atoms with van der Waals surface area (Å²) in [7, 11) is 1.61. The molecule has 0 aliphatic rings. The monoisotopic (exact) mass is 292 g/mol. The largest absolute Gasteiger partial charge is 0.496 e. The van der Waals surface area contributed by atoms with Gasteiger partial charge in [-0.15, -0.1) is 0 Å². The van der Waals surface area contributed by atoms with Crippen molar-refractivity contribution in [2.45, 2.75) is 20.5 Å². The van der Waals surface area contributed by atoms with Gasteiger partial charge in [-0.25, -0.2) is 4.79 Å². The van der Waals surface area contributed by atoms with E-state index >= 15 is 0 Å². The number of methoxy groups -OCH3 is 1. The first-order valence-electron chi connectivity index (χ1n) is 6.07. The zero-order valence-electron chi connectivity index (χ0n) is 11.6. The molecule has 0 unspecified atom stereocenters. The minimum atomic E-state index is -0.496. The lowest BCUT2D eigenvalue weighted by Gasteiger charge is -2.12. The smallest absolute Gasteiger partial charge is 0.412 e. The number of amides is 1. The quantitative estimate of drug-likeness (QED) is 0.936. The van der Waals surface area contributed by atoms with E-state index in [4.69, 9.17) is 9.47 Å². The number of nitrogens with one attached hydrogen (secondary N) is 1. The number of thiophene rings is 1. The molecule has 0 saturated carbocycles. The van der Waals surface area contributed by atoms with Crippen molar-refractivity contribution >= 4 is 23.1 Å². The fourth-order valence-corrected chi connectivity index (χ4v) is 2.43. The summed E-state index contributed by atoms with van der Waals surface area (Å²) in [6.45, 7) is 3.93. The van der Waals surface area contributed by atoms with Gasteiger partial charge in [0.25, 0.3) is 0 Å². The molecule has 0 atom stereocenters. The van der Waals surface area contributed by atoms with Crippen LogP contribution in [0.2, 0.25) is 0 Å². The Balaban J connectivity index is 1.99. The Hall–Kier alpha value is -2.08. The lowest BCUT2D eigenvalue weighted by atomic mass is 10.1. The van der Waals surface area contributed by atoms with Gasteiger partial charge in [-0.1, -0.05) is 0 Å². The van der Waals surface area contributed by atoms with Crippen molar-refractivity contribution in [1.29, 1.82) is 0 Å². The Morgan fingerprint density at radius 2 is 2.25 bits per heavy atom. The number of carbonyl (C=O) groups is 1. The summed E-state index contributed by atoms with van der Waals surface area (Å²) in [4.78, 5) is 15.9. The van der Waals surface area contributed by atoms with Crippen molar-refractivity contribution in [1.82, 2.24) is 4.98 Å². The predicted octanol–water partition coefficient (Wildman–Crippen LogP) is 3.52. The van der Waals surface area contributed by atoms with E-state index in [9.17, 15) is 4.79 Å². The molecule has 0 aliphatic carbocycles. The first-order chi connectivity index (χ1) is 9.61. The summed E-state index contributed by atoms with van der Waals surface area (Å²) in [6, 6.07) is 1.81. The van der Waals surface area contributed by atoms with Crippen LogP contribution in [0.25, 0.3) is 0 Å². The first kappa shape index (κ1) is 14.3. The summed E-state index contributed by atoms with van der Waals surface area (Å²) in [6.07, 6.45) is 1.21. The molecule has 0 spiro atoms. The summed E-state index contributed by atoms with van der Waals surface area (Å²) < 4.78 is 10.5. The van der Waals surface area contributed by atoms with E-state index < -0.39 is 6.09 Å². The number of ether oxygens (including phenoxy) is 2. The molecule has 20 heavy (non-hydrogen) atoms. The fraction of sp³-hybridized carbons (Fsp3) is 0.286. The average Bonchev–Trinajstić information content (AvgIpc) is 2.91. The third-order valence-corrected chi connectivity index (χ3v) is 3.54. The molecule has 5 nitrogen and oxygen atoms in total. The number of pyridine rings is 1. The summed E-state index contributed by atoms with van der Waals surface area (Å²) in [5.41, 5.74) is 3.26. The molecule has 2 aromatic rings. The molecule has 2 heterocycles. The van der Waals surface area contributed by atoms with Crippen LogP contribution in [0.4, 0.5) is 10.5 Å². The maximum Gasteiger partial charge on any atom is 0.412 e. The van der Waals surface area contributed by atoms with Crippen LogP contribution in [0, 0.1) is 13.8 Å². The summed E-state index contributed by atoms with van der Waals surface area (Å²) in [5, 5.41) is 6.36. The van der Waals surface area contributed by atoms with E-state index in [1.54, 1.807) is 13.3 Å². The predicted molar refractivity (Wildman–Crippen MR) is 78.4 cm³/mol. The Morgan fingerprint density at radius 1 is 1.45 bits per heavy atom. The molecule has 2 aromatic heterocycles. The van der Waals surface area contributed by atoms with Gasteiger partial charge in [0.15, 0.2) is 0 Å². The maximum atomic E-state index is 11.6. The minimum Gasteiger partial charge on any atom is -0.496 e. The Morgan fingerprint density at radius 3 is 2.90 bits per heavy atom. The van der Waals surface area contributed by atoms with Gasteiger partial charge in [-0.3, -0.25) is 10.3 Å². The van der Waals surface area contributed by atoms with E-state index in [1.165, 1.54) is 11.3 Å². The second kappa shape index (κ2) is 6.38. The van der Waals surface area contributed by atoms with Crippen LogP contribution in [-0.4, -0.2) is 18.2 Å². The van der Waals surface area contributed by atoms with E-state index in [0.717, 1.165) is 22.6 Å². The molecular formula is C14H16N2O3S. The Labute approximate surface area is 121 Å². The summed E-state index contributed by atoms with van der Waals surface area (Å²) in [5.74, 6) is 0.775. The number of nitrogens with zero attached hydrogens (tertiary/aromatic N) is 1. The highest BCUT2D eigenvalue weighted by molar-refractivity contribution is 7.08. The fourth-order valence-electron chi connectivity index (χ4n) is 1.84. The van der Waals surface area contributed by atoms with Crippen LogP contribution in [0.15, 0.2) is 23.0 Å². The van der Waals surface area contributed by atoms with E-state index in [0.29, 0.717) is 5.69 Å². The van der Waals surface area contributed by atoms with Gasteiger partial charge < -0.3 is 9.47 Å². The van der Waals surface area contributed by atoms with Gasteiger partial charge in [0.1, 0.15) is 12.4 Å². The molecular weight excluding hydrogens is 276 g/mol. The van der Waals surface area contributed by atoms with Crippen molar-refractivity contribution in [2.24, 2.45) is 0 Å². The zero-order valence-corrected chi connectivity index (χ0v) is 12.4. The van der Waals surface area contributed by atoms with Gasteiger partial charge in [0.2, 0.25) is 0 Å². The SMILES string of the molecule is COc1c(C)cnc(COC(=O)Nc2ccsc2)c1C. The molecule has 0 fully saturated rings. The number of aromatic nitrogens is 1. The van der Waals surface area contributed by atoms with Crippen molar-refractivity contribution in [2.75, 3.05) is 12.4 Å². The van der Waals surface area contributed by atoms with Gasteiger partial charge >= 0.3 is 6.09 Å². The molecule has 0 bridgehead atoms. The van der Waals surface area contributed by atoms with E-state index in [-0.39, 0.29) is 6.61 Å². The van der Waals surface area contributed by atoms with Crippen LogP contribution in [0.5, 0.6) is 5.75 Å². The highest BCUT2D eigenvalue weighted by Crippen LogP contribution is 2.24. The molecule has 0 aromatic carbocycles. The molecule has 2 rings (SSSR count). The molecule has 0 radical (unpaired) electrons. The topological polar surface area (TPSA) is 60.5 Å². The van der Waals surface area contributed by atoms with Crippen LogP contribution in [0.1, 0.15) is 16.8 Å². The Kier molecular flexibility index (Phi) is 4.57. The third kappa shape index (κ3) is 3.27. The number of carbonyl (C=O) groups excluding carboxylic acids is 1. The van der Waals surface area contributed by atoms with Gasteiger partial charge in [0, 0.05) is 22.7 Å². The molecule has 6 heteroatoms. The highest BCUT2D eigenvalue weighted by atomic mass is 32.1. The number of rotatable bonds is 4. The van der Waals surface area contributed by atoms with Crippen LogP contribution < -0.4 is 10.1 Å². The van der Waals surface area contributed by atoms with Gasteiger partial charge in [-0.2, -0.15) is 11.3 Å². The lowest BCUT2D eigenvalue weighted by molar-refractivity contribution is 0.153.